The average Bonchev–Trinajstić information content (AvgIpc) is 3.18. The molecule has 1 aromatic carbocycles. The van der Waals surface area contributed by atoms with Gasteiger partial charge in [-0.05, 0) is 42.8 Å². The van der Waals surface area contributed by atoms with Crippen molar-refractivity contribution in [1.29, 1.82) is 0 Å². The number of thiazole rings is 1. The average molecular weight is 393 g/mol. The summed E-state index contributed by atoms with van der Waals surface area (Å²) in [5.41, 5.74) is 1.03. The van der Waals surface area contributed by atoms with Gasteiger partial charge in [0, 0.05) is 23.6 Å². The molecule has 0 spiro atoms. The largest absolute Gasteiger partial charge is 0.462 e. The minimum atomic E-state index is -0.260. The molecule has 0 aliphatic carbocycles. The molecule has 0 bridgehead atoms. The summed E-state index contributed by atoms with van der Waals surface area (Å²) in [6, 6.07) is 9.16. The summed E-state index contributed by atoms with van der Waals surface area (Å²) in [4.78, 5) is 17.2. The van der Waals surface area contributed by atoms with Crippen LogP contribution in [0.1, 0.15) is 22.0 Å². The molecule has 0 atom stereocenters. The second kappa shape index (κ2) is 7.87. The molecule has 25 heavy (non-hydrogen) atoms. The first-order chi connectivity index (χ1) is 12.0. The van der Waals surface area contributed by atoms with Crippen molar-refractivity contribution >= 4 is 51.7 Å². The smallest absolute Gasteiger partial charge is 0.250 e. The molecule has 0 fully saturated rings. The van der Waals surface area contributed by atoms with Gasteiger partial charge in [0.05, 0.1) is 10.0 Å². The molecular weight excluding hydrogens is 379 g/mol. The highest BCUT2D eigenvalue weighted by atomic mass is 35.5. The van der Waals surface area contributed by atoms with Crippen LogP contribution in [0.15, 0.2) is 47.0 Å². The van der Waals surface area contributed by atoms with E-state index in [4.69, 9.17) is 27.6 Å². The van der Waals surface area contributed by atoms with Crippen LogP contribution in [0.2, 0.25) is 10.0 Å². The summed E-state index contributed by atoms with van der Waals surface area (Å²) in [6.07, 6.45) is 5.44. The molecule has 3 aromatic rings. The molecule has 1 N–H and O–H groups in total. The van der Waals surface area contributed by atoms with Gasteiger partial charge in [0.2, 0.25) is 5.91 Å². The Balaban J connectivity index is 1.60. The van der Waals surface area contributed by atoms with E-state index in [0.29, 0.717) is 27.4 Å². The van der Waals surface area contributed by atoms with E-state index < -0.39 is 0 Å². The van der Waals surface area contributed by atoms with Crippen LogP contribution < -0.4 is 5.32 Å². The first kappa shape index (κ1) is 17.7. The number of benzene rings is 1. The molecule has 128 valence electrons. The van der Waals surface area contributed by atoms with Crippen LogP contribution in [0.3, 0.4) is 0 Å². The van der Waals surface area contributed by atoms with E-state index in [1.165, 1.54) is 17.4 Å². The highest BCUT2D eigenvalue weighted by Gasteiger charge is 2.07. The van der Waals surface area contributed by atoms with Crippen molar-refractivity contribution in [2.75, 3.05) is 5.32 Å². The van der Waals surface area contributed by atoms with Gasteiger partial charge in [0.15, 0.2) is 5.13 Å². The van der Waals surface area contributed by atoms with Crippen LogP contribution >= 0.6 is 34.5 Å². The van der Waals surface area contributed by atoms with Crippen LogP contribution in [0.5, 0.6) is 0 Å². The molecule has 7 heteroatoms. The zero-order valence-electron chi connectivity index (χ0n) is 13.3. The Kier molecular flexibility index (Phi) is 5.58. The Morgan fingerprint density at radius 3 is 2.84 bits per heavy atom. The van der Waals surface area contributed by atoms with E-state index in [-0.39, 0.29) is 5.91 Å². The van der Waals surface area contributed by atoms with Gasteiger partial charge in [-0.15, -0.1) is 11.3 Å². The molecule has 0 unspecified atom stereocenters. The van der Waals surface area contributed by atoms with E-state index >= 15 is 0 Å². The second-order valence-electron chi connectivity index (χ2n) is 5.33. The number of hydrogen-bond donors (Lipinski definition) is 1. The highest BCUT2D eigenvalue weighted by Crippen LogP contribution is 2.26. The zero-order chi connectivity index (χ0) is 17.8. The van der Waals surface area contributed by atoms with Gasteiger partial charge in [-0.25, -0.2) is 4.98 Å². The summed E-state index contributed by atoms with van der Waals surface area (Å²) in [5, 5.41) is 4.33. The number of carbonyl (C=O) groups excluding carboxylic acids is 1. The van der Waals surface area contributed by atoms with Crippen LogP contribution in [0.25, 0.3) is 6.08 Å². The quantitative estimate of drug-likeness (QED) is 0.575. The number of anilines is 1. The molecule has 0 saturated heterocycles. The number of nitrogens with zero attached hydrogens (tertiary/aromatic N) is 1. The molecule has 3 rings (SSSR count). The van der Waals surface area contributed by atoms with Gasteiger partial charge < -0.3 is 4.42 Å². The Bertz CT molecular complexity index is 931. The Morgan fingerprint density at radius 1 is 1.28 bits per heavy atom. The van der Waals surface area contributed by atoms with Crippen LogP contribution in [0.4, 0.5) is 5.13 Å². The van der Waals surface area contributed by atoms with Crippen molar-refractivity contribution in [3.63, 3.8) is 0 Å². The van der Waals surface area contributed by atoms with Gasteiger partial charge in [0.1, 0.15) is 11.5 Å². The Labute approximate surface area is 159 Å². The number of carbonyl (C=O) groups is 1. The number of amides is 1. The second-order valence-corrected chi connectivity index (χ2v) is 7.26. The lowest BCUT2D eigenvalue weighted by molar-refractivity contribution is -0.111. The Hall–Kier alpha value is -2.08. The minimum absolute atomic E-state index is 0.260. The number of aryl methyl sites for hydroxylation is 1. The monoisotopic (exact) mass is 392 g/mol. The van der Waals surface area contributed by atoms with E-state index in [2.05, 4.69) is 10.3 Å². The maximum atomic E-state index is 11.9. The lowest BCUT2D eigenvalue weighted by atomic mass is 10.1. The zero-order valence-corrected chi connectivity index (χ0v) is 15.6. The van der Waals surface area contributed by atoms with Gasteiger partial charge >= 0.3 is 0 Å². The fraction of sp³-hybridized carbons (Fsp3) is 0.111. The van der Waals surface area contributed by atoms with Crippen molar-refractivity contribution in [1.82, 2.24) is 4.98 Å². The van der Waals surface area contributed by atoms with Crippen molar-refractivity contribution in [2.45, 2.75) is 13.3 Å². The third-order valence-electron chi connectivity index (χ3n) is 3.31. The third kappa shape index (κ3) is 4.95. The molecule has 4 nitrogen and oxygen atoms in total. The van der Waals surface area contributed by atoms with Crippen molar-refractivity contribution in [2.24, 2.45) is 0 Å². The molecule has 1 amide bonds. The van der Waals surface area contributed by atoms with Gasteiger partial charge in [-0.1, -0.05) is 29.3 Å². The maximum absolute atomic E-state index is 11.9. The first-order valence-corrected chi connectivity index (χ1v) is 9.01. The topological polar surface area (TPSA) is 55.1 Å². The first-order valence-electron chi connectivity index (χ1n) is 7.44. The standard InChI is InChI=1S/C18H14Cl2N2O2S/c1-11-2-4-13(24-11)5-7-17(23)22-18-21-10-14(25-18)8-12-3-6-15(19)16(20)9-12/h2-7,9-10H,8H2,1H3,(H,21,22,23)/b7-5+. The number of rotatable bonds is 5. The molecule has 0 aliphatic rings. The van der Waals surface area contributed by atoms with Crippen LogP contribution in [0, 0.1) is 6.92 Å². The summed E-state index contributed by atoms with van der Waals surface area (Å²) in [6.45, 7) is 1.85. The molecule has 2 heterocycles. The van der Waals surface area contributed by atoms with Gasteiger partial charge in [-0.2, -0.15) is 0 Å². The molecule has 0 aliphatic heterocycles. The third-order valence-corrected chi connectivity index (χ3v) is 4.96. The highest BCUT2D eigenvalue weighted by molar-refractivity contribution is 7.15. The molecular formula is C18H14Cl2N2O2S. The number of halogens is 2. The van der Waals surface area contributed by atoms with Gasteiger partial charge in [0.25, 0.3) is 0 Å². The molecule has 2 aromatic heterocycles. The van der Waals surface area contributed by atoms with Gasteiger partial charge in [-0.3, -0.25) is 10.1 Å². The molecule has 0 saturated carbocycles. The maximum Gasteiger partial charge on any atom is 0.250 e. The summed E-state index contributed by atoms with van der Waals surface area (Å²) in [5.74, 6) is 1.17. The van der Waals surface area contributed by atoms with Crippen LogP contribution in [-0.4, -0.2) is 10.9 Å². The molecule has 0 radical (unpaired) electrons. The van der Waals surface area contributed by atoms with E-state index in [1.54, 1.807) is 24.4 Å². The van der Waals surface area contributed by atoms with E-state index in [1.807, 2.05) is 25.1 Å². The fourth-order valence-electron chi connectivity index (χ4n) is 2.15. The lowest BCUT2D eigenvalue weighted by Gasteiger charge is -2.01. The van der Waals surface area contributed by atoms with E-state index in [9.17, 15) is 4.79 Å². The SMILES string of the molecule is Cc1ccc(/C=C/C(=O)Nc2ncc(Cc3ccc(Cl)c(Cl)c3)s2)o1. The predicted octanol–water partition coefficient (Wildman–Crippen LogP) is 5.59. The van der Waals surface area contributed by atoms with E-state index in [0.717, 1.165) is 16.2 Å². The number of aromatic nitrogens is 1. The fourth-order valence-corrected chi connectivity index (χ4v) is 3.32. The summed E-state index contributed by atoms with van der Waals surface area (Å²) < 4.78 is 5.37. The van der Waals surface area contributed by atoms with Crippen molar-refractivity contribution in [3.8, 4) is 0 Å². The van der Waals surface area contributed by atoms with Crippen molar-refractivity contribution in [3.05, 3.63) is 74.6 Å². The number of hydrogen-bond acceptors (Lipinski definition) is 4. The number of nitrogens with one attached hydrogen (secondary N) is 1. The predicted molar refractivity (Wildman–Crippen MR) is 102 cm³/mol. The Morgan fingerprint density at radius 2 is 2.12 bits per heavy atom. The van der Waals surface area contributed by atoms with Crippen LogP contribution in [-0.2, 0) is 11.2 Å². The summed E-state index contributed by atoms with van der Waals surface area (Å²) >= 11 is 13.4. The lowest BCUT2D eigenvalue weighted by Crippen LogP contribution is -2.06. The normalized spacial score (nSPS) is 11.2. The summed E-state index contributed by atoms with van der Waals surface area (Å²) in [7, 11) is 0. The van der Waals surface area contributed by atoms with Crippen molar-refractivity contribution < 1.29 is 9.21 Å². The number of furan rings is 1. The minimum Gasteiger partial charge on any atom is -0.462 e.